The van der Waals surface area contributed by atoms with Crippen molar-refractivity contribution in [2.75, 3.05) is 11.4 Å². The zero-order valence-electron chi connectivity index (χ0n) is 16.0. The first-order valence-electron chi connectivity index (χ1n) is 9.25. The lowest BCUT2D eigenvalue weighted by atomic mass is 9.87. The van der Waals surface area contributed by atoms with Gasteiger partial charge in [-0.25, -0.2) is 9.78 Å². The van der Waals surface area contributed by atoms with Gasteiger partial charge in [-0.3, -0.25) is 4.79 Å². The van der Waals surface area contributed by atoms with Crippen molar-refractivity contribution in [3.8, 4) is 0 Å². The van der Waals surface area contributed by atoms with E-state index in [0.29, 0.717) is 24.6 Å². The fourth-order valence-corrected chi connectivity index (χ4v) is 3.76. The Kier molecular flexibility index (Phi) is 4.82. The van der Waals surface area contributed by atoms with Crippen molar-refractivity contribution >= 4 is 17.8 Å². The van der Waals surface area contributed by atoms with Crippen molar-refractivity contribution in [1.82, 2.24) is 10.3 Å². The summed E-state index contributed by atoms with van der Waals surface area (Å²) in [5, 5.41) is 2.90. The van der Waals surface area contributed by atoms with E-state index in [2.05, 4.69) is 17.1 Å². The van der Waals surface area contributed by atoms with Crippen molar-refractivity contribution in [3.63, 3.8) is 0 Å². The summed E-state index contributed by atoms with van der Waals surface area (Å²) in [6.45, 7) is 9.34. The lowest BCUT2D eigenvalue weighted by Crippen LogP contribution is -2.38. The number of anilines is 1. The van der Waals surface area contributed by atoms with Gasteiger partial charge in [-0.1, -0.05) is 6.92 Å². The Labute approximate surface area is 154 Å². The molecule has 2 amide bonds. The minimum absolute atomic E-state index is 0.00597. The van der Waals surface area contributed by atoms with Crippen LogP contribution in [-0.2, 0) is 17.7 Å². The van der Waals surface area contributed by atoms with Gasteiger partial charge in [0.1, 0.15) is 11.4 Å². The Bertz CT molecular complexity index is 732. The molecule has 2 aliphatic heterocycles. The number of hydrogen-bond acceptors (Lipinski definition) is 5. The third-order valence-corrected chi connectivity index (χ3v) is 5.76. The number of nitrogens with one attached hydrogen (secondary N) is 1. The number of carbonyl (C=O) groups is 2. The molecule has 1 aromatic rings. The molecule has 3 heterocycles. The normalized spacial score (nSPS) is 20.7. The van der Waals surface area contributed by atoms with Gasteiger partial charge in [0, 0.05) is 41.9 Å². The van der Waals surface area contributed by atoms with E-state index in [-0.39, 0.29) is 11.8 Å². The van der Waals surface area contributed by atoms with Crippen molar-refractivity contribution < 1.29 is 14.3 Å². The molecule has 0 bridgehead atoms. The second-order valence-corrected chi connectivity index (χ2v) is 7.95. The largest absolute Gasteiger partial charge is 0.443 e. The maximum Gasteiger partial charge on any atom is 0.405 e. The Morgan fingerprint density at radius 2 is 2.27 bits per heavy atom. The Balaban J connectivity index is 1.93. The molecule has 7 heteroatoms. The summed E-state index contributed by atoms with van der Waals surface area (Å²) >= 11 is 0. The average Bonchev–Trinajstić information content (AvgIpc) is 3.12. The van der Waals surface area contributed by atoms with Gasteiger partial charge in [-0.15, -0.1) is 0 Å². The molecule has 0 saturated carbocycles. The third-order valence-electron chi connectivity index (χ3n) is 5.76. The predicted molar refractivity (Wildman–Crippen MR) is 99.1 cm³/mol. The Hall–Kier alpha value is -2.31. The van der Waals surface area contributed by atoms with Crippen LogP contribution in [0.4, 0.5) is 10.6 Å². The number of carbonyl (C=O) groups excluding carboxylic acids is 2. The second-order valence-electron chi connectivity index (χ2n) is 7.95. The molecular formula is C19H28N4O3. The van der Waals surface area contributed by atoms with Crippen LogP contribution in [-0.4, -0.2) is 35.2 Å². The smallest absolute Gasteiger partial charge is 0.405 e. The molecule has 0 radical (unpaired) electrons. The summed E-state index contributed by atoms with van der Waals surface area (Å²) in [7, 11) is 0. The molecule has 1 unspecified atom stereocenters. The third kappa shape index (κ3) is 3.48. The van der Waals surface area contributed by atoms with Crippen molar-refractivity contribution in [2.45, 2.75) is 65.1 Å². The van der Waals surface area contributed by atoms with Crippen LogP contribution in [0.15, 0.2) is 6.07 Å². The summed E-state index contributed by atoms with van der Waals surface area (Å²) in [4.78, 5) is 30.6. The number of rotatable bonds is 5. The van der Waals surface area contributed by atoms with Crippen molar-refractivity contribution in [3.05, 3.63) is 22.9 Å². The Morgan fingerprint density at radius 1 is 1.54 bits per heavy atom. The number of nitrogens with two attached hydrogens (primary N) is 1. The molecule has 3 rings (SSSR count). The van der Waals surface area contributed by atoms with Crippen LogP contribution in [0.1, 0.15) is 62.2 Å². The van der Waals surface area contributed by atoms with Gasteiger partial charge in [0.2, 0.25) is 0 Å². The first kappa shape index (κ1) is 18.5. The summed E-state index contributed by atoms with van der Waals surface area (Å²) in [5.74, 6) is 0.812. The predicted octanol–water partition coefficient (Wildman–Crippen LogP) is 2.37. The van der Waals surface area contributed by atoms with E-state index in [1.54, 1.807) is 0 Å². The summed E-state index contributed by atoms with van der Waals surface area (Å²) in [6.07, 6.45) is 2.10. The topological polar surface area (TPSA) is 97.6 Å². The zero-order chi connectivity index (χ0) is 19.1. The van der Waals surface area contributed by atoms with Crippen molar-refractivity contribution in [2.24, 2.45) is 11.7 Å². The number of pyridine rings is 1. The SMILES string of the molecule is CC1CCCN1c1cc2c(c(C[C@@H](C)C(C)(C)OC(N)=O)n1)CNC2=O. The zero-order valence-corrected chi connectivity index (χ0v) is 16.0. The van der Waals surface area contributed by atoms with Crippen LogP contribution in [0.5, 0.6) is 0 Å². The second kappa shape index (κ2) is 6.78. The summed E-state index contributed by atoms with van der Waals surface area (Å²) < 4.78 is 5.28. The first-order chi connectivity index (χ1) is 12.2. The molecule has 1 saturated heterocycles. The van der Waals surface area contributed by atoms with Gasteiger partial charge >= 0.3 is 6.09 Å². The highest BCUT2D eigenvalue weighted by Gasteiger charge is 2.33. The average molecular weight is 360 g/mol. The van der Waals surface area contributed by atoms with E-state index < -0.39 is 11.7 Å². The number of ether oxygens (including phenoxy) is 1. The number of nitrogens with zero attached hydrogens (tertiary/aromatic N) is 2. The molecule has 0 spiro atoms. The molecule has 0 aromatic carbocycles. The molecular weight excluding hydrogens is 332 g/mol. The van der Waals surface area contributed by atoms with Crippen LogP contribution < -0.4 is 16.0 Å². The Morgan fingerprint density at radius 3 is 2.88 bits per heavy atom. The highest BCUT2D eigenvalue weighted by Crippen LogP contribution is 2.32. The van der Waals surface area contributed by atoms with Crippen LogP contribution in [0.3, 0.4) is 0 Å². The number of primary amides is 1. The fourth-order valence-electron chi connectivity index (χ4n) is 3.76. The fraction of sp³-hybridized carbons (Fsp3) is 0.632. The van der Waals surface area contributed by atoms with Gasteiger partial charge in [0.05, 0.1) is 0 Å². The summed E-state index contributed by atoms with van der Waals surface area (Å²) in [6, 6.07) is 2.34. The molecule has 26 heavy (non-hydrogen) atoms. The first-order valence-corrected chi connectivity index (χ1v) is 9.25. The number of amides is 2. The van der Waals surface area contributed by atoms with Gasteiger partial charge in [-0.05, 0) is 46.1 Å². The minimum atomic E-state index is -0.781. The number of fused-ring (bicyclic) bond motifs is 1. The van der Waals surface area contributed by atoms with Crippen LogP contribution in [0.2, 0.25) is 0 Å². The van der Waals surface area contributed by atoms with Crippen LogP contribution >= 0.6 is 0 Å². The minimum Gasteiger partial charge on any atom is -0.443 e. The van der Waals surface area contributed by atoms with Gasteiger partial charge in [0.25, 0.3) is 5.91 Å². The number of hydrogen-bond donors (Lipinski definition) is 2. The molecule has 3 N–H and O–H groups in total. The lowest BCUT2D eigenvalue weighted by Gasteiger charge is -2.31. The lowest BCUT2D eigenvalue weighted by molar-refractivity contribution is 0.00443. The molecule has 1 aromatic heterocycles. The summed E-state index contributed by atoms with van der Waals surface area (Å²) in [5.41, 5.74) is 7.04. The molecule has 0 aliphatic carbocycles. The van der Waals surface area contributed by atoms with Crippen molar-refractivity contribution in [1.29, 1.82) is 0 Å². The molecule has 2 atom stereocenters. The molecule has 2 aliphatic rings. The number of aromatic nitrogens is 1. The molecule has 1 fully saturated rings. The quantitative estimate of drug-likeness (QED) is 0.840. The monoisotopic (exact) mass is 360 g/mol. The van der Waals surface area contributed by atoms with Crippen LogP contribution in [0, 0.1) is 5.92 Å². The van der Waals surface area contributed by atoms with E-state index in [1.165, 1.54) is 0 Å². The van der Waals surface area contributed by atoms with Gasteiger partial charge < -0.3 is 20.7 Å². The van der Waals surface area contributed by atoms with E-state index in [0.717, 1.165) is 36.5 Å². The van der Waals surface area contributed by atoms with E-state index in [4.69, 9.17) is 15.5 Å². The van der Waals surface area contributed by atoms with Gasteiger partial charge in [0.15, 0.2) is 0 Å². The molecule has 7 nitrogen and oxygen atoms in total. The van der Waals surface area contributed by atoms with E-state index >= 15 is 0 Å². The maximum atomic E-state index is 12.3. The molecule has 142 valence electrons. The van der Waals surface area contributed by atoms with Gasteiger partial charge in [-0.2, -0.15) is 0 Å². The highest BCUT2D eigenvalue weighted by atomic mass is 16.6. The standard InChI is InChI=1S/C19H28N4O3/c1-11(19(3,4)26-18(20)25)8-15-14-10-21-17(24)13(14)9-16(22-15)23-7-5-6-12(23)2/h9,11-12H,5-8,10H2,1-4H3,(H2,20,25)(H,21,24)/t11-,12?/m1/s1. The van der Waals surface area contributed by atoms with E-state index in [9.17, 15) is 9.59 Å². The van der Waals surface area contributed by atoms with Crippen LogP contribution in [0.25, 0.3) is 0 Å². The maximum absolute atomic E-state index is 12.3. The highest BCUT2D eigenvalue weighted by molar-refractivity contribution is 5.99. The van der Waals surface area contributed by atoms with E-state index in [1.807, 2.05) is 26.8 Å².